The summed E-state index contributed by atoms with van der Waals surface area (Å²) >= 11 is 0. The standard InChI is InChI=1S/C90H155N3O33P2/c1-59-47-79(126-127(106,107)110-14)83(121-59)55-120-128(108,109)125-78-48-72(51-94)93(50-78)86(105)49-85(104)92-90(56-111-44-37-76(101)31-19-15-17-29-73(98)34-22-26-41-114-87-66(8)60(2)63(5)80(122-87)52-117-69(11)95,57-112-45-38-77(102)32-20-16-18-30-74(99)35-23-27-42-115-88-67(9)61(3)64(6)81(123-88)53-118-70(12)96)58-113-46-39-84(103)91-40-25-21-33-75(100)36-24-28-43-116-89-68(10)62(4)65(7)82(124-89)54-119-71(13)97/h59-68,72,78-83,87-89,94H,15-58H2,1-14H3,(H,91,103)(H,92,104)(H,106,107)(H,108,109)/t59-,60-,61-,62-,63+,64+,65+,66?,67?,68?,72-,78+,79?,80?,81?,82?,83+,87+,88+,89+,90?/m0/s1. The van der Waals surface area contributed by atoms with E-state index in [1.807, 2.05) is 0 Å². The molecule has 5 fully saturated rings. The average molecular weight is 1870 g/mol. The number of phosphoric ester groups is 2. The van der Waals surface area contributed by atoms with Crippen molar-refractivity contribution in [1.82, 2.24) is 15.5 Å². The lowest BCUT2D eigenvalue weighted by Gasteiger charge is -2.43. The van der Waals surface area contributed by atoms with Crippen LogP contribution < -0.4 is 10.6 Å². The molecule has 0 spiro atoms. The molecule has 3 amide bonds. The second kappa shape index (κ2) is 60.3. The second-order valence-corrected chi connectivity index (χ2v) is 38.8. The summed E-state index contributed by atoms with van der Waals surface area (Å²) in [6, 6.07) is -1.00. The maximum Gasteiger partial charge on any atom is 0.472 e. The van der Waals surface area contributed by atoms with Crippen molar-refractivity contribution in [3.63, 3.8) is 0 Å². The number of unbranched alkanes of at least 4 members (excludes halogenated alkanes) is 8. The number of carbonyl (C=O) groups is 11. The lowest BCUT2D eigenvalue weighted by molar-refractivity contribution is -0.255. The zero-order valence-corrected chi connectivity index (χ0v) is 80.4. The van der Waals surface area contributed by atoms with E-state index in [1.54, 1.807) is 6.92 Å². The van der Waals surface area contributed by atoms with Crippen molar-refractivity contribution in [1.29, 1.82) is 0 Å². The molecule has 128 heavy (non-hydrogen) atoms. The molecule has 5 N–H and O–H groups in total. The molecular formula is C90H155N3O33P2. The van der Waals surface area contributed by atoms with Gasteiger partial charge in [0.25, 0.3) is 0 Å². The van der Waals surface area contributed by atoms with Gasteiger partial charge in [-0.05, 0) is 126 Å². The maximum absolute atomic E-state index is 14.5. The molecule has 5 aliphatic rings. The van der Waals surface area contributed by atoms with Gasteiger partial charge in [0.2, 0.25) is 17.7 Å². The molecule has 5 saturated heterocycles. The number of nitrogens with one attached hydrogen (secondary N) is 2. The van der Waals surface area contributed by atoms with Crippen molar-refractivity contribution >= 4 is 80.2 Å². The maximum atomic E-state index is 14.5. The molecule has 0 aromatic carbocycles. The number of aliphatic hydroxyl groups is 1. The van der Waals surface area contributed by atoms with Gasteiger partial charge in [0.1, 0.15) is 72.9 Å². The van der Waals surface area contributed by atoms with Crippen LogP contribution in [0.1, 0.15) is 270 Å². The number of esters is 3. The number of hydrogen-bond donors (Lipinski definition) is 5. The summed E-state index contributed by atoms with van der Waals surface area (Å²) in [5, 5.41) is 16.2. The van der Waals surface area contributed by atoms with Gasteiger partial charge in [-0.25, -0.2) is 9.13 Å². The minimum absolute atomic E-state index is 0.0461. The summed E-state index contributed by atoms with van der Waals surface area (Å²) in [5.41, 5.74) is -1.67. The molecular weight excluding hydrogens is 1710 g/mol. The number of amides is 3. The summed E-state index contributed by atoms with van der Waals surface area (Å²) in [5.74, 6) is -1.55. The highest BCUT2D eigenvalue weighted by molar-refractivity contribution is 7.47. The molecule has 0 aliphatic carbocycles. The van der Waals surface area contributed by atoms with E-state index in [9.17, 15) is 76.8 Å². The number of carbonyl (C=O) groups excluding carboxylic acids is 11. The van der Waals surface area contributed by atoms with Gasteiger partial charge in [-0.2, -0.15) is 0 Å². The molecule has 36 nitrogen and oxygen atoms in total. The van der Waals surface area contributed by atoms with Gasteiger partial charge >= 0.3 is 33.6 Å². The number of aliphatic hydroxyl groups excluding tert-OH is 1. The van der Waals surface area contributed by atoms with Gasteiger partial charge in [-0.15, -0.1) is 0 Å². The van der Waals surface area contributed by atoms with E-state index >= 15 is 0 Å². The van der Waals surface area contributed by atoms with E-state index < -0.39 is 109 Å². The zero-order valence-electron chi connectivity index (χ0n) is 78.6. The fraction of sp³-hybridized carbons (Fsp3) is 0.878. The highest BCUT2D eigenvalue weighted by Crippen LogP contribution is 2.50. The molecule has 738 valence electrons. The SMILES string of the molecule is COP(=O)(O)OC1C[C@H](C)O[C@@H]1COP(=O)(O)O[C@@H]1C[C@@H](CO)N(C(=O)CC(=O)NC(COCCC(=O)CCCCCC(=O)CCCCO[C@@H]2OC(COC(C)=O)[C@H](C)[C@H](C)C2C)(COCCC(=O)CCCCCC(=O)CCCCO[C@@H]2OC(COC(C)=O)[C@H](C)[C@H](C)C2C)COCCC(=O)NCCCCC(=O)CCCCO[C@@H]2OC(COC(C)=O)[C@H](C)[C@H](C)C2C)C1. The largest absolute Gasteiger partial charge is 0.472 e. The predicted molar refractivity (Wildman–Crippen MR) is 466 cm³/mol. The van der Waals surface area contributed by atoms with Crippen LogP contribution in [0.15, 0.2) is 0 Å². The molecule has 0 radical (unpaired) electrons. The quantitative estimate of drug-likeness (QED) is 0.0124. The Hall–Kier alpha value is -5.05. The summed E-state index contributed by atoms with van der Waals surface area (Å²) in [4.78, 5) is 164. The molecule has 9 unspecified atom stereocenters. The Kier molecular flexibility index (Phi) is 53.5. The third-order valence-electron chi connectivity index (χ3n) is 25.6. The van der Waals surface area contributed by atoms with Gasteiger partial charge in [0.05, 0.1) is 89.4 Å². The van der Waals surface area contributed by atoms with E-state index in [0.717, 1.165) is 12.0 Å². The highest BCUT2D eigenvalue weighted by Gasteiger charge is 2.47. The Balaban J connectivity index is 1.18. The Morgan fingerprint density at radius 2 is 0.789 bits per heavy atom. The number of hydrogen-bond acceptors (Lipinski definition) is 31. The molecule has 38 heteroatoms. The van der Waals surface area contributed by atoms with Crippen LogP contribution in [0.3, 0.4) is 0 Å². The lowest BCUT2D eigenvalue weighted by Crippen LogP contribution is -2.59. The van der Waals surface area contributed by atoms with Crippen LogP contribution in [-0.4, -0.2) is 270 Å². The molecule has 5 rings (SSSR count). The topological polar surface area (TPSA) is 467 Å². The third kappa shape index (κ3) is 43.5. The molecule has 0 aromatic heterocycles. The van der Waals surface area contributed by atoms with Crippen molar-refractivity contribution in [3.8, 4) is 0 Å². The zero-order chi connectivity index (χ0) is 94.5. The van der Waals surface area contributed by atoms with E-state index in [2.05, 4.69) is 77.5 Å². The first-order valence-corrected chi connectivity index (χ1v) is 49.6. The molecule has 5 aliphatic heterocycles. The van der Waals surface area contributed by atoms with E-state index in [1.165, 1.54) is 20.8 Å². The minimum Gasteiger partial charge on any atom is -0.463 e. The van der Waals surface area contributed by atoms with Crippen LogP contribution in [0.4, 0.5) is 0 Å². The highest BCUT2D eigenvalue weighted by atomic mass is 31.2. The van der Waals surface area contributed by atoms with Gasteiger partial charge in [0.15, 0.2) is 18.9 Å². The monoisotopic (exact) mass is 1870 g/mol. The minimum atomic E-state index is -4.97. The Bertz CT molecular complexity index is 3220. The number of likely N-dealkylation sites (tertiary alicyclic amines) is 1. The first-order valence-electron chi connectivity index (χ1n) is 46.6. The molecule has 0 aromatic rings. The Labute approximate surface area is 757 Å². The first-order chi connectivity index (χ1) is 60.7. The summed E-state index contributed by atoms with van der Waals surface area (Å²) in [6.45, 7) is 23.2. The van der Waals surface area contributed by atoms with Crippen molar-refractivity contribution < 1.29 is 156 Å². The Morgan fingerprint density at radius 1 is 0.414 bits per heavy atom. The second-order valence-electron chi connectivity index (χ2n) is 35.9. The molecule has 0 saturated carbocycles. The fourth-order valence-corrected chi connectivity index (χ4v) is 18.0. The van der Waals surface area contributed by atoms with Crippen LogP contribution in [0.2, 0.25) is 0 Å². The van der Waals surface area contributed by atoms with Crippen LogP contribution in [0, 0.1) is 53.3 Å². The number of ketones is 5. The molecule has 5 heterocycles. The number of rotatable bonds is 68. The number of ether oxygens (including phenoxy) is 13. The smallest absolute Gasteiger partial charge is 0.463 e. The lowest BCUT2D eigenvalue weighted by atomic mass is 9.79. The van der Waals surface area contributed by atoms with E-state index in [4.69, 9.17) is 75.2 Å². The van der Waals surface area contributed by atoms with Gasteiger partial charge < -0.3 is 92.0 Å². The predicted octanol–water partition coefficient (Wildman–Crippen LogP) is 11.0. The summed E-state index contributed by atoms with van der Waals surface area (Å²) in [7, 11) is -8.49. The van der Waals surface area contributed by atoms with Crippen molar-refractivity contribution in [2.75, 3.05) is 113 Å². The molecule has 0 bridgehead atoms. The number of phosphoric acid groups is 2. The normalized spacial score (nSPS) is 28.0. The van der Waals surface area contributed by atoms with E-state index in [0.29, 0.717) is 148 Å². The van der Waals surface area contributed by atoms with Crippen molar-refractivity contribution in [2.24, 2.45) is 53.3 Å². The van der Waals surface area contributed by atoms with Gasteiger partial charge in [-0.1, -0.05) is 75.2 Å². The van der Waals surface area contributed by atoms with Gasteiger partial charge in [-0.3, -0.25) is 70.8 Å². The Morgan fingerprint density at radius 3 is 1.17 bits per heavy atom. The number of nitrogens with zero attached hydrogens (tertiary/aromatic N) is 1. The fourth-order valence-electron chi connectivity index (χ4n) is 16.5. The van der Waals surface area contributed by atoms with Crippen LogP contribution in [0.5, 0.6) is 0 Å². The van der Waals surface area contributed by atoms with Crippen molar-refractivity contribution in [3.05, 3.63) is 0 Å². The van der Waals surface area contributed by atoms with E-state index in [-0.39, 0.29) is 235 Å². The van der Waals surface area contributed by atoms with Crippen molar-refractivity contribution in [2.45, 2.75) is 343 Å². The first kappa shape index (κ1) is 113. The van der Waals surface area contributed by atoms with Crippen LogP contribution in [0.25, 0.3) is 0 Å². The molecule has 22 atom stereocenters. The average Bonchev–Trinajstić information content (AvgIpc) is 1.83. The summed E-state index contributed by atoms with van der Waals surface area (Å²) < 4.78 is 123. The summed E-state index contributed by atoms with van der Waals surface area (Å²) in [6.07, 6.45) is 3.62. The van der Waals surface area contributed by atoms with Gasteiger partial charge in [0, 0.05) is 156 Å². The van der Waals surface area contributed by atoms with Crippen LogP contribution in [-0.2, 0) is 142 Å². The third-order valence-corrected chi connectivity index (χ3v) is 27.6. The number of Topliss-reactive ketones (excluding diaryl/α,β-unsaturated/α-hetero) is 5. The van der Waals surface area contributed by atoms with Crippen LogP contribution >= 0.6 is 15.6 Å².